The lowest BCUT2D eigenvalue weighted by Gasteiger charge is -2.32. The molecule has 0 aliphatic carbocycles. The first-order valence-corrected chi connectivity index (χ1v) is 9.67. The van der Waals surface area contributed by atoms with Crippen molar-refractivity contribution in [1.82, 2.24) is 20.4 Å². The van der Waals surface area contributed by atoms with E-state index in [2.05, 4.69) is 33.7 Å². The molecule has 1 aliphatic rings. The van der Waals surface area contributed by atoms with Crippen molar-refractivity contribution in [2.45, 2.75) is 13.0 Å². The van der Waals surface area contributed by atoms with E-state index in [9.17, 15) is 9.59 Å². The van der Waals surface area contributed by atoms with Crippen molar-refractivity contribution in [3.8, 4) is 11.1 Å². The van der Waals surface area contributed by atoms with Gasteiger partial charge in [0.1, 0.15) is 6.04 Å². The zero-order chi connectivity index (χ0) is 20.0. The van der Waals surface area contributed by atoms with Gasteiger partial charge < -0.3 is 10.2 Å². The van der Waals surface area contributed by atoms with Crippen molar-refractivity contribution in [3.05, 3.63) is 66.4 Å². The van der Waals surface area contributed by atoms with Crippen LogP contribution in [-0.2, 0) is 4.79 Å². The van der Waals surface area contributed by atoms with Gasteiger partial charge in [-0.3, -0.25) is 14.7 Å². The average Bonchev–Trinajstić information content (AvgIpc) is 3.22. The lowest BCUT2D eigenvalue weighted by Crippen LogP contribution is -2.55. The van der Waals surface area contributed by atoms with Crippen molar-refractivity contribution in [2.24, 2.45) is 0 Å². The number of aromatic nitrogens is 2. The standard InChI is InChI=1S/C23H20N4O2/c1-14-22(28)24-9-10-27(14)23(29)17-7-8-20-15(11-17)3-2-4-19(20)16-5-6-18-13-25-26-21(18)12-16/h2-8,11-14H,9-10H2,1H3,(H,24,28)(H,25,26). The molecular weight excluding hydrogens is 364 g/mol. The molecule has 1 unspecified atom stereocenters. The smallest absolute Gasteiger partial charge is 0.254 e. The van der Waals surface area contributed by atoms with E-state index in [-0.39, 0.29) is 11.8 Å². The Morgan fingerprint density at radius 1 is 1.10 bits per heavy atom. The van der Waals surface area contributed by atoms with Crippen LogP contribution in [-0.4, -0.2) is 46.0 Å². The summed E-state index contributed by atoms with van der Waals surface area (Å²) in [6.45, 7) is 2.77. The lowest BCUT2D eigenvalue weighted by atomic mass is 9.96. The summed E-state index contributed by atoms with van der Waals surface area (Å²) in [6, 6.07) is 17.6. The van der Waals surface area contributed by atoms with Crippen LogP contribution in [0.3, 0.4) is 0 Å². The van der Waals surface area contributed by atoms with Crippen LogP contribution in [0.5, 0.6) is 0 Å². The molecule has 2 heterocycles. The first kappa shape index (κ1) is 17.4. The second-order valence-corrected chi connectivity index (χ2v) is 7.38. The second kappa shape index (κ2) is 6.74. The number of hydrogen-bond acceptors (Lipinski definition) is 3. The number of fused-ring (bicyclic) bond motifs is 2. The van der Waals surface area contributed by atoms with E-state index in [1.807, 2.05) is 42.6 Å². The summed E-state index contributed by atoms with van der Waals surface area (Å²) in [4.78, 5) is 26.6. The Labute approximate surface area is 167 Å². The molecule has 1 fully saturated rings. The maximum absolute atomic E-state index is 13.0. The fraction of sp³-hybridized carbons (Fsp3) is 0.174. The molecule has 2 N–H and O–H groups in total. The molecule has 3 aromatic carbocycles. The molecule has 0 bridgehead atoms. The van der Waals surface area contributed by atoms with Gasteiger partial charge in [-0.05, 0) is 47.0 Å². The molecule has 29 heavy (non-hydrogen) atoms. The van der Waals surface area contributed by atoms with Gasteiger partial charge in [-0.15, -0.1) is 0 Å². The first-order chi connectivity index (χ1) is 14.1. The van der Waals surface area contributed by atoms with E-state index in [0.29, 0.717) is 18.7 Å². The fourth-order valence-electron chi connectivity index (χ4n) is 4.00. The molecule has 6 nitrogen and oxygen atoms in total. The van der Waals surface area contributed by atoms with Gasteiger partial charge in [0.25, 0.3) is 5.91 Å². The molecule has 1 saturated heterocycles. The van der Waals surface area contributed by atoms with Crippen LogP contribution in [0.25, 0.3) is 32.8 Å². The molecule has 4 aromatic rings. The van der Waals surface area contributed by atoms with E-state index in [1.165, 1.54) is 0 Å². The number of aromatic amines is 1. The van der Waals surface area contributed by atoms with Crippen LogP contribution < -0.4 is 5.32 Å². The van der Waals surface area contributed by atoms with Crippen LogP contribution >= 0.6 is 0 Å². The summed E-state index contributed by atoms with van der Waals surface area (Å²) in [5.74, 6) is -0.222. The topological polar surface area (TPSA) is 78.1 Å². The molecule has 1 aliphatic heterocycles. The highest BCUT2D eigenvalue weighted by Crippen LogP contribution is 2.31. The zero-order valence-electron chi connectivity index (χ0n) is 16.0. The summed E-state index contributed by atoms with van der Waals surface area (Å²) in [7, 11) is 0. The third-order valence-electron chi connectivity index (χ3n) is 5.64. The normalized spacial score (nSPS) is 16.9. The number of nitrogens with zero attached hydrogens (tertiary/aromatic N) is 2. The third kappa shape index (κ3) is 2.93. The molecule has 0 radical (unpaired) electrons. The zero-order valence-corrected chi connectivity index (χ0v) is 16.0. The molecule has 0 spiro atoms. The number of amides is 2. The van der Waals surface area contributed by atoms with Gasteiger partial charge in [0.05, 0.1) is 11.7 Å². The van der Waals surface area contributed by atoms with Crippen molar-refractivity contribution in [2.75, 3.05) is 13.1 Å². The van der Waals surface area contributed by atoms with Crippen molar-refractivity contribution in [1.29, 1.82) is 0 Å². The highest BCUT2D eigenvalue weighted by Gasteiger charge is 2.29. The molecular formula is C23H20N4O2. The minimum absolute atomic E-state index is 0.109. The molecule has 1 atom stereocenters. The molecule has 6 heteroatoms. The van der Waals surface area contributed by atoms with E-state index in [4.69, 9.17) is 0 Å². The molecule has 0 saturated carbocycles. The number of carbonyl (C=O) groups excluding carboxylic acids is 2. The summed E-state index contributed by atoms with van der Waals surface area (Å²) < 4.78 is 0. The molecule has 5 rings (SSSR count). The predicted octanol–water partition coefficient (Wildman–Crippen LogP) is 3.34. The highest BCUT2D eigenvalue weighted by atomic mass is 16.2. The van der Waals surface area contributed by atoms with Crippen LogP contribution in [0.1, 0.15) is 17.3 Å². The largest absolute Gasteiger partial charge is 0.353 e. The maximum atomic E-state index is 13.0. The van der Waals surface area contributed by atoms with Gasteiger partial charge in [-0.1, -0.05) is 36.4 Å². The van der Waals surface area contributed by atoms with Gasteiger partial charge >= 0.3 is 0 Å². The monoisotopic (exact) mass is 384 g/mol. The van der Waals surface area contributed by atoms with Gasteiger partial charge in [-0.25, -0.2) is 0 Å². The number of H-pyrrole nitrogens is 1. The average molecular weight is 384 g/mol. The Kier molecular flexibility index (Phi) is 4.05. The van der Waals surface area contributed by atoms with Gasteiger partial charge in [0.15, 0.2) is 0 Å². The van der Waals surface area contributed by atoms with Crippen molar-refractivity contribution in [3.63, 3.8) is 0 Å². The number of piperazine rings is 1. The Balaban J connectivity index is 1.55. The van der Waals surface area contributed by atoms with Crippen molar-refractivity contribution < 1.29 is 9.59 Å². The molecule has 1 aromatic heterocycles. The minimum Gasteiger partial charge on any atom is -0.353 e. The summed E-state index contributed by atoms with van der Waals surface area (Å²) in [5, 5.41) is 13.0. The summed E-state index contributed by atoms with van der Waals surface area (Å²) >= 11 is 0. The van der Waals surface area contributed by atoms with Crippen LogP contribution in [0.4, 0.5) is 0 Å². The maximum Gasteiger partial charge on any atom is 0.254 e. The van der Waals surface area contributed by atoms with Gasteiger partial charge in [-0.2, -0.15) is 5.10 Å². The molecule has 144 valence electrons. The minimum atomic E-state index is -0.459. The highest BCUT2D eigenvalue weighted by molar-refractivity contribution is 6.04. The molecule has 2 amide bonds. The third-order valence-corrected chi connectivity index (χ3v) is 5.64. The Morgan fingerprint density at radius 2 is 2.00 bits per heavy atom. The number of carbonyl (C=O) groups is 2. The second-order valence-electron chi connectivity index (χ2n) is 7.38. The van der Waals surface area contributed by atoms with Crippen LogP contribution in [0.15, 0.2) is 60.8 Å². The lowest BCUT2D eigenvalue weighted by molar-refractivity contribution is -0.127. The van der Waals surface area contributed by atoms with E-state index in [0.717, 1.165) is 32.8 Å². The van der Waals surface area contributed by atoms with Crippen LogP contribution in [0, 0.1) is 0 Å². The van der Waals surface area contributed by atoms with Gasteiger partial charge in [0.2, 0.25) is 5.91 Å². The quantitative estimate of drug-likeness (QED) is 0.556. The summed E-state index contributed by atoms with van der Waals surface area (Å²) in [6.07, 6.45) is 1.81. The predicted molar refractivity (Wildman–Crippen MR) is 113 cm³/mol. The number of nitrogens with one attached hydrogen (secondary N) is 2. The van der Waals surface area contributed by atoms with E-state index in [1.54, 1.807) is 11.8 Å². The number of benzene rings is 3. The summed E-state index contributed by atoms with van der Waals surface area (Å²) in [5.41, 5.74) is 3.78. The Morgan fingerprint density at radius 3 is 2.90 bits per heavy atom. The first-order valence-electron chi connectivity index (χ1n) is 9.67. The van der Waals surface area contributed by atoms with Crippen LogP contribution in [0.2, 0.25) is 0 Å². The number of rotatable bonds is 2. The van der Waals surface area contributed by atoms with Gasteiger partial charge in [0, 0.05) is 24.0 Å². The fourth-order valence-corrected chi connectivity index (χ4v) is 4.00. The Bertz CT molecular complexity index is 1260. The SMILES string of the molecule is CC1C(=O)NCCN1C(=O)c1ccc2c(-c3ccc4cn[nH]c4c3)cccc2c1. The Hall–Kier alpha value is -3.67. The van der Waals surface area contributed by atoms with E-state index >= 15 is 0 Å². The number of hydrogen-bond donors (Lipinski definition) is 2. The van der Waals surface area contributed by atoms with Crippen molar-refractivity contribution >= 4 is 33.5 Å². The van der Waals surface area contributed by atoms with E-state index < -0.39 is 6.04 Å².